The average Bonchev–Trinajstić information content (AvgIpc) is 3.51. The highest BCUT2D eigenvalue weighted by Crippen LogP contribution is 2.42. The van der Waals surface area contributed by atoms with Crippen molar-refractivity contribution in [2.24, 2.45) is 0 Å². The van der Waals surface area contributed by atoms with Crippen molar-refractivity contribution in [1.82, 2.24) is 25.2 Å². The van der Waals surface area contributed by atoms with Crippen LogP contribution in [-0.4, -0.2) is 83.5 Å². The third-order valence-electron chi connectivity index (χ3n) is 7.40. The highest BCUT2D eigenvalue weighted by atomic mass is 35.5. The summed E-state index contributed by atoms with van der Waals surface area (Å²) < 4.78 is 23.4. The lowest BCUT2D eigenvalue weighted by Crippen LogP contribution is -2.52. The molecule has 2 aromatic heterocycles. The molecule has 200 valence electrons. The first-order chi connectivity index (χ1) is 18.4. The van der Waals surface area contributed by atoms with Crippen LogP contribution in [0.4, 0.5) is 15.3 Å². The standard InChI is InChI=1S/C26H29ClFN7O2S/c1-34-8-3-4-15(34)13-37-26-32-23-17(24(33-26)35-9-7-30-14(11-35)12-36)10-18(27)20(21(23)28)16-5-2-6-19-22(16)31-25(29)38-19/h2,5-6,10,14-15,30,36H,3-4,7-9,11-13H2,1H3,(H2,29,31)/t14-,15?/m1/s1. The zero-order chi connectivity index (χ0) is 26.4. The van der Waals surface area contributed by atoms with Crippen LogP contribution in [0.15, 0.2) is 24.3 Å². The van der Waals surface area contributed by atoms with Gasteiger partial charge in [-0.1, -0.05) is 35.1 Å². The molecule has 0 aliphatic carbocycles. The van der Waals surface area contributed by atoms with E-state index in [0.29, 0.717) is 53.7 Å². The number of fused-ring (bicyclic) bond motifs is 2. The van der Waals surface area contributed by atoms with Crippen LogP contribution < -0.4 is 20.7 Å². The van der Waals surface area contributed by atoms with E-state index in [2.05, 4.69) is 27.2 Å². The summed E-state index contributed by atoms with van der Waals surface area (Å²) in [4.78, 5) is 18.0. The molecule has 0 spiro atoms. The van der Waals surface area contributed by atoms with Gasteiger partial charge in [-0.2, -0.15) is 9.97 Å². The van der Waals surface area contributed by atoms with Gasteiger partial charge in [0.25, 0.3) is 0 Å². The predicted molar refractivity (Wildman–Crippen MR) is 150 cm³/mol. The second kappa shape index (κ2) is 10.4. The number of nitrogen functional groups attached to an aromatic ring is 1. The van der Waals surface area contributed by atoms with E-state index in [1.54, 1.807) is 12.1 Å². The van der Waals surface area contributed by atoms with Gasteiger partial charge in [0.15, 0.2) is 10.9 Å². The van der Waals surface area contributed by atoms with Crippen molar-refractivity contribution in [3.8, 4) is 17.1 Å². The summed E-state index contributed by atoms with van der Waals surface area (Å²) in [5.41, 5.74) is 7.45. The average molecular weight is 558 g/mol. The SMILES string of the molecule is CN1CCCC1COc1nc(N2CCN[C@@H](CO)C2)c2cc(Cl)c(-c3cccc4sc(N)nc34)c(F)c2n1. The first-order valence-electron chi connectivity index (χ1n) is 12.7. The first kappa shape index (κ1) is 25.4. The number of rotatable bonds is 6. The summed E-state index contributed by atoms with van der Waals surface area (Å²) in [5.74, 6) is -0.0277. The molecule has 1 unspecified atom stereocenters. The van der Waals surface area contributed by atoms with Gasteiger partial charge in [0, 0.05) is 48.2 Å². The number of likely N-dealkylation sites (N-methyl/N-ethyl adjacent to an activating group) is 1. The Morgan fingerprint density at radius 1 is 1.26 bits per heavy atom. The second-order valence-electron chi connectivity index (χ2n) is 9.85. The number of anilines is 2. The molecule has 2 atom stereocenters. The van der Waals surface area contributed by atoms with Crippen LogP contribution in [0, 0.1) is 5.82 Å². The van der Waals surface area contributed by atoms with E-state index in [1.807, 2.05) is 17.0 Å². The largest absolute Gasteiger partial charge is 0.462 e. The van der Waals surface area contributed by atoms with Gasteiger partial charge in [0.2, 0.25) is 0 Å². The lowest BCUT2D eigenvalue weighted by molar-refractivity contribution is 0.188. The van der Waals surface area contributed by atoms with E-state index in [1.165, 1.54) is 11.3 Å². The topological polar surface area (TPSA) is 113 Å². The maximum Gasteiger partial charge on any atom is 0.319 e. The number of aliphatic hydroxyl groups is 1. The number of aromatic nitrogens is 3. The fraction of sp³-hybridized carbons (Fsp3) is 0.423. The molecule has 4 N–H and O–H groups in total. The molecule has 2 saturated heterocycles. The molecule has 2 aliphatic heterocycles. The fourth-order valence-electron chi connectivity index (χ4n) is 5.38. The zero-order valence-corrected chi connectivity index (χ0v) is 22.5. The molecule has 0 saturated carbocycles. The van der Waals surface area contributed by atoms with Crippen LogP contribution in [-0.2, 0) is 0 Å². The highest BCUT2D eigenvalue weighted by Gasteiger charge is 2.28. The molecule has 0 bridgehead atoms. The molecular formula is C26H29ClFN7O2S. The molecule has 6 rings (SSSR count). The number of hydrogen-bond acceptors (Lipinski definition) is 10. The van der Waals surface area contributed by atoms with E-state index >= 15 is 4.39 Å². The number of halogens is 2. The van der Waals surface area contributed by atoms with Gasteiger partial charge >= 0.3 is 6.01 Å². The zero-order valence-electron chi connectivity index (χ0n) is 21.0. The molecule has 4 aromatic rings. The minimum absolute atomic E-state index is 0.0169. The van der Waals surface area contributed by atoms with Gasteiger partial charge in [-0.05, 0) is 38.6 Å². The van der Waals surface area contributed by atoms with Crippen molar-refractivity contribution in [1.29, 1.82) is 0 Å². The molecule has 0 radical (unpaired) electrons. The summed E-state index contributed by atoms with van der Waals surface area (Å²) in [6.45, 7) is 3.21. The molecule has 0 amide bonds. The number of ether oxygens (including phenoxy) is 1. The van der Waals surface area contributed by atoms with Gasteiger partial charge in [0.1, 0.15) is 17.9 Å². The van der Waals surface area contributed by atoms with Crippen LogP contribution in [0.1, 0.15) is 12.8 Å². The number of nitrogens with zero attached hydrogens (tertiary/aromatic N) is 5. The molecule has 12 heteroatoms. The predicted octanol–water partition coefficient (Wildman–Crippen LogP) is 3.52. The van der Waals surface area contributed by atoms with E-state index in [9.17, 15) is 5.11 Å². The van der Waals surface area contributed by atoms with Gasteiger partial charge in [-0.3, -0.25) is 0 Å². The molecule has 38 heavy (non-hydrogen) atoms. The smallest absolute Gasteiger partial charge is 0.319 e. The third kappa shape index (κ3) is 4.62. The number of aliphatic hydroxyl groups excluding tert-OH is 1. The van der Waals surface area contributed by atoms with Crippen LogP contribution in [0.25, 0.3) is 32.2 Å². The van der Waals surface area contributed by atoms with Crippen LogP contribution in [0.3, 0.4) is 0 Å². The summed E-state index contributed by atoms with van der Waals surface area (Å²) in [6, 6.07) is 7.48. The Hall–Kier alpha value is -2.83. The molecular weight excluding hydrogens is 529 g/mol. The molecule has 2 aliphatic rings. The number of piperazine rings is 1. The van der Waals surface area contributed by atoms with Gasteiger partial charge < -0.3 is 30.7 Å². The Kier molecular flexibility index (Phi) is 6.95. The number of likely N-dealkylation sites (tertiary alicyclic amines) is 1. The lowest BCUT2D eigenvalue weighted by atomic mass is 10.0. The van der Waals surface area contributed by atoms with Crippen LogP contribution in [0.2, 0.25) is 5.02 Å². The van der Waals surface area contributed by atoms with E-state index in [0.717, 1.165) is 24.1 Å². The fourth-order valence-corrected chi connectivity index (χ4v) is 6.44. The maximum absolute atomic E-state index is 16.5. The Labute approximate surface area is 228 Å². The highest BCUT2D eigenvalue weighted by molar-refractivity contribution is 7.22. The Balaban J connectivity index is 1.50. The minimum Gasteiger partial charge on any atom is -0.462 e. The van der Waals surface area contributed by atoms with Crippen molar-refractivity contribution in [3.63, 3.8) is 0 Å². The lowest BCUT2D eigenvalue weighted by Gasteiger charge is -2.34. The van der Waals surface area contributed by atoms with Crippen LogP contribution >= 0.6 is 22.9 Å². The van der Waals surface area contributed by atoms with Crippen molar-refractivity contribution in [3.05, 3.63) is 35.1 Å². The number of thiazole rings is 1. The van der Waals surface area contributed by atoms with E-state index < -0.39 is 5.82 Å². The van der Waals surface area contributed by atoms with E-state index in [4.69, 9.17) is 27.1 Å². The van der Waals surface area contributed by atoms with Crippen LogP contribution in [0.5, 0.6) is 6.01 Å². The number of para-hydroxylation sites is 1. The van der Waals surface area contributed by atoms with Gasteiger partial charge in [-0.15, -0.1) is 0 Å². The Morgan fingerprint density at radius 2 is 2.13 bits per heavy atom. The van der Waals surface area contributed by atoms with Crippen molar-refractivity contribution in [2.45, 2.75) is 24.9 Å². The molecule has 2 aromatic carbocycles. The van der Waals surface area contributed by atoms with E-state index in [-0.39, 0.29) is 40.8 Å². The van der Waals surface area contributed by atoms with Crippen molar-refractivity contribution >= 4 is 55.0 Å². The molecule has 9 nitrogen and oxygen atoms in total. The number of nitrogens with two attached hydrogens (primary N) is 1. The third-order valence-corrected chi connectivity index (χ3v) is 8.55. The first-order valence-corrected chi connectivity index (χ1v) is 13.9. The van der Waals surface area contributed by atoms with Gasteiger partial charge in [-0.25, -0.2) is 9.37 Å². The summed E-state index contributed by atoms with van der Waals surface area (Å²) in [5, 5.41) is 14.2. The quantitative estimate of drug-likeness (QED) is 0.328. The number of hydrogen-bond donors (Lipinski definition) is 3. The van der Waals surface area contributed by atoms with Crippen molar-refractivity contribution in [2.75, 3.05) is 57.1 Å². The van der Waals surface area contributed by atoms with Gasteiger partial charge in [0.05, 0.1) is 21.8 Å². The minimum atomic E-state index is -0.563. The molecule has 4 heterocycles. The number of benzene rings is 2. The summed E-state index contributed by atoms with van der Waals surface area (Å²) in [6.07, 6.45) is 2.14. The summed E-state index contributed by atoms with van der Waals surface area (Å²) in [7, 11) is 2.07. The Morgan fingerprint density at radius 3 is 2.92 bits per heavy atom. The number of nitrogens with one attached hydrogen (secondary N) is 1. The monoisotopic (exact) mass is 557 g/mol. The van der Waals surface area contributed by atoms with Crippen molar-refractivity contribution < 1.29 is 14.2 Å². The molecule has 2 fully saturated rings. The Bertz CT molecular complexity index is 1500. The normalized spacial score (nSPS) is 20.6. The maximum atomic E-state index is 16.5. The summed E-state index contributed by atoms with van der Waals surface area (Å²) >= 11 is 8.10. The second-order valence-corrected chi connectivity index (χ2v) is 11.3.